The zero-order chi connectivity index (χ0) is 12.0. The van der Waals surface area contributed by atoms with Gasteiger partial charge >= 0.3 is 0 Å². The quantitative estimate of drug-likeness (QED) is 0.778. The van der Waals surface area contributed by atoms with Gasteiger partial charge in [0.25, 0.3) is 0 Å². The summed E-state index contributed by atoms with van der Waals surface area (Å²) in [7, 11) is 0. The van der Waals surface area contributed by atoms with Gasteiger partial charge in [0.05, 0.1) is 5.54 Å². The van der Waals surface area contributed by atoms with Gasteiger partial charge in [0, 0.05) is 12.7 Å². The summed E-state index contributed by atoms with van der Waals surface area (Å²) in [5, 5.41) is 12.0. The Kier molecular flexibility index (Phi) is 4.20. The number of nitrogens with two attached hydrogens (primary N) is 1. The zero-order valence-corrected chi connectivity index (χ0v) is 9.70. The lowest BCUT2D eigenvalue weighted by Gasteiger charge is -2.31. The maximum atomic E-state index is 8.74. The van der Waals surface area contributed by atoms with Crippen LogP contribution in [-0.4, -0.2) is 22.1 Å². The van der Waals surface area contributed by atoms with Crippen molar-refractivity contribution in [2.45, 2.75) is 32.2 Å². The molecule has 0 aliphatic heterocycles. The molecular formula is C11H17N5. The molecule has 0 aromatic carbocycles. The first-order valence-electron chi connectivity index (χ1n) is 5.41. The smallest absolute Gasteiger partial charge is 0.224 e. The van der Waals surface area contributed by atoms with E-state index >= 15 is 0 Å². The standard InChI is InChI=1S/C11H17N5/c1-3-11(4-2,8-13)16-10-14-6-5-9(7-12)15-10/h5-6H,3-4,8,13H2,1-2H3,(H,14,15,16). The van der Waals surface area contributed by atoms with Crippen LogP contribution in [0.5, 0.6) is 0 Å². The maximum absolute atomic E-state index is 8.74. The van der Waals surface area contributed by atoms with Crippen molar-refractivity contribution in [1.82, 2.24) is 9.97 Å². The Morgan fingerprint density at radius 3 is 2.69 bits per heavy atom. The highest BCUT2D eigenvalue weighted by atomic mass is 15.1. The highest BCUT2D eigenvalue weighted by Gasteiger charge is 2.24. The van der Waals surface area contributed by atoms with Crippen LogP contribution in [0.4, 0.5) is 5.95 Å². The molecule has 3 N–H and O–H groups in total. The first-order valence-corrected chi connectivity index (χ1v) is 5.41. The molecule has 1 aromatic rings. The predicted octanol–water partition coefficient (Wildman–Crippen LogP) is 1.28. The molecule has 0 saturated carbocycles. The van der Waals surface area contributed by atoms with E-state index < -0.39 is 0 Å². The van der Waals surface area contributed by atoms with Crippen LogP contribution in [0.2, 0.25) is 0 Å². The average molecular weight is 219 g/mol. The van der Waals surface area contributed by atoms with Crippen molar-refractivity contribution in [3.05, 3.63) is 18.0 Å². The van der Waals surface area contributed by atoms with Crippen LogP contribution in [0.1, 0.15) is 32.4 Å². The molecule has 0 atom stereocenters. The summed E-state index contributed by atoms with van der Waals surface area (Å²) in [4.78, 5) is 8.17. The molecule has 0 saturated heterocycles. The largest absolute Gasteiger partial charge is 0.348 e. The third-order valence-corrected chi connectivity index (χ3v) is 2.89. The van der Waals surface area contributed by atoms with E-state index in [2.05, 4.69) is 29.1 Å². The third kappa shape index (κ3) is 2.67. The number of aromatic nitrogens is 2. The number of hydrogen-bond donors (Lipinski definition) is 2. The van der Waals surface area contributed by atoms with E-state index in [1.165, 1.54) is 0 Å². The van der Waals surface area contributed by atoms with Crippen LogP contribution in [0, 0.1) is 11.3 Å². The van der Waals surface area contributed by atoms with E-state index in [-0.39, 0.29) is 5.54 Å². The molecule has 0 spiro atoms. The minimum atomic E-state index is -0.186. The van der Waals surface area contributed by atoms with Crippen molar-refractivity contribution in [1.29, 1.82) is 5.26 Å². The molecule has 5 nitrogen and oxygen atoms in total. The first kappa shape index (κ1) is 12.4. The van der Waals surface area contributed by atoms with E-state index in [0.717, 1.165) is 12.8 Å². The lowest BCUT2D eigenvalue weighted by molar-refractivity contribution is 0.442. The third-order valence-electron chi connectivity index (χ3n) is 2.89. The van der Waals surface area contributed by atoms with Crippen molar-refractivity contribution in [2.24, 2.45) is 5.73 Å². The summed E-state index contributed by atoms with van der Waals surface area (Å²) < 4.78 is 0. The number of nitrogens with one attached hydrogen (secondary N) is 1. The molecule has 1 heterocycles. The fraction of sp³-hybridized carbons (Fsp3) is 0.545. The van der Waals surface area contributed by atoms with Crippen LogP contribution >= 0.6 is 0 Å². The number of nitrogens with zero attached hydrogens (tertiary/aromatic N) is 3. The summed E-state index contributed by atoms with van der Waals surface area (Å²) in [6, 6.07) is 3.56. The Hall–Kier alpha value is -1.67. The fourth-order valence-electron chi connectivity index (χ4n) is 1.48. The number of hydrogen-bond acceptors (Lipinski definition) is 5. The lowest BCUT2D eigenvalue weighted by atomic mass is 9.93. The molecular weight excluding hydrogens is 202 g/mol. The Bertz CT molecular complexity index is 370. The van der Waals surface area contributed by atoms with Gasteiger partial charge in [-0.3, -0.25) is 0 Å². The monoisotopic (exact) mass is 219 g/mol. The highest BCUT2D eigenvalue weighted by molar-refractivity contribution is 5.33. The SMILES string of the molecule is CCC(CC)(CN)Nc1nccc(C#N)n1. The Morgan fingerprint density at radius 1 is 1.50 bits per heavy atom. The summed E-state index contributed by atoms with van der Waals surface area (Å²) in [5.74, 6) is 0.466. The van der Waals surface area contributed by atoms with Gasteiger partial charge in [0.2, 0.25) is 5.95 Å². The predicted molar refractivity (Wildman–Crippen MR) is 62.7 cm³/mol. The van der Waals surface area contributed by atoms with E-state index in [0.29, 0.717) is 18.2 Å². The normalized spacial score (nSPS) is 10.9. The average Bonchev–Trinajstić information content (AvgIpc) is 2.36. The molecule has 86 valence electrons. The summed E-state index contributed by atoms with van der Waals surface area (Å²) in [6.45, 7) is 4.65. The molecule has 0 fully saturated rings. The second-order valence-electron chi connectivity index (χ2n) is 3.69. The van der Waals surface area contributed by atoms with Gasteiger partial charge < -0.3 is 11.1 Å². The lowest BCUT2D eigenvalue weighted by Crippen LogP contribution is -2.44. The molecule has 0 radical (unpaired) electrons. The molecule has 0 bridgehead atoms. The minimum absolute atomic E-state index is 0.186. The molecule has 0 amide bonds. The number of rotatable bonds is 5. The van der Waals surface area contributed by atoms with Gasteiger partial charge in [-0.05, 0) is 18.9 Å². The van der Waals surface area contributed by atoms with Gasteiger partial charge in [-0.25, -0.2) is 9.97 Å². The van der Waals surface area contributed by atoms with E-state index in [4.69, 9.17) is 11.0 Å². The molecule has 5 heteroatoms. The van der Waals surface area contributed by atoms with Crippen molar-refractivity contribution in [3.8, 4) is 6.07 Å². The molecule has 16 heavy (non-hydrogen) atoms. The first-order chi connectivity index (χ1) is 7.69. The molecule has 0 aliphatic rings. The molecule has 1 aromatic heterocycles. The number of nitriles is 1. The van der Waals surface area contributed by atoms with E-state index in [9.17, 15) is 0 Å². The Labute approximate surface area is 95.7 Å². The van der Waals surface area contributed by atoms with Crippen molar-refractivity contribution < 1.29 is 0 Å². The van der Waals surface area contributed by atoms with Gasteiger partial charge in [-0.2, -0.15) is 5.26 Å². The van der Waals surface area contributed by atoms with E-state index in [1.54, 1.807) is 12.3 Å². The van der Waals surface area contributed by atoms with Gasteiger partial charge in [0.1, 0.15) is 11.8 Å². The van der Waals surface area contributed by atoms with Crippen LogP contribution in [0.3, 0.4) is 0 Å². The summed E-state index contributed by atoms with van der Waals surface area (Å²) in [6.07, 6.45) is 3.35. The zero-order valence-electron chi connectivity index (χ0n) is 9.70. The van der Waals surface area contributed by atoms with Crippen molar-refractivity contribution in [3.63, 3.8) is 0 Å². The topological polar surface area (TPSA) is 87.6 Å². The van der Waals surface area contributed by atoms with Gasteiger partial charge in [0.15, 0.2) is 0 Å². The Balaban J connectivity index is 2.90. The maximum Gasteiger partial charge on any atom is 0.224 e. The second-order valence-corrected chi connectivity index (χ2v) is 3.69. The minimum Gasteiger partial charge on any atom is -0.348 e. The van der Waals surface area contributed by atoms with Crippen LogP contribution in [-0.2, 0) is 0 Å². The fourth-order valence-corrected chi connectivity index (χ4v) is 1.48. The highest BCUT2D eigenvalue weighted by Crippen LogP contribution is 2.18. The Morgan fingerprint density at radius 2 is 2.19 bits per heavy atom. The van der Waals surface area contributed by atoms with Crippen LogP contribution < -0.4 is 11.1 Å². The van der Waals surface area contributed by atoms with Gasteiger partial charge in [-0.15, -0.1) is 0 Å². The summed E-state index contributed by atoms with van der Waals surface area (Å²) in [5.41, 5.74) is 5.93. The van der Waals surface area contributed by atoms with E-state index in [1.807, 2.05) is 6.07 Å². The molecule has 0 aliphatic carbocycles. The number of anilines is 1. The summed E-state index contributed by atoms with van der Waals surface area (Å²) >= 11 is 0. The van der Waals surface area contributed by atoms with Gasteiger partial charge in [-0.1, -0.05) is 13.8 Å². The van der Waals surface area contributed by atoms with Crippen LogP contribution in [0.15, 0.2) is 12.3 Å². The second kappa shape index (κ2) is 5.42. The molecule has 0 unspecified atom stereocenters. The van der Waals surface area contributed by atoms with Crippen LogP contribution in [0.25, 0.3) is 0 Å². The van der Waals surface area contributed by atoms with Crippen molar-refractivity contribution >= 4 is 5.95 Å². The molecule has 1 rings (SSSR count). The van der Waals surface area contributed by atoms with Crippen molar-refractivity contribution in [2.75, 3.05) is 11.9 Å².